The predicted octanol–water partition coefficient (Wildman–Crippen LogP) is 12.7. The second-order valence-corrected chi connectivity index (χ2v) is 11.7. The molecule has 7 aromatic carbocycles. The highest BCUT2D eigenvalue weighted by molar-refractivity contribution is 5.84. The first-order chi connectivity index (χ1) is 23.8. The van der Waals surface area contributed by atoms with Crippen LogP contribution in [0.4, 0.5) is 34.1 Å². The van der Waals surface area contributed by atoms with Crippen molar-refractivity contribution in [3.05, 3.63) is 223 Å². The number of aryl methyl sites for hydroxylation is 1. The molecule has 48 heavy (non-hydrogen) atoms. The molecule has 7 rings (SSSR count). The Morgan fingerprint density at radius 3 is 0.958 bits per heavy atom. The molecular weight excluding hydrogens is 581 g/mol. The summed E-state index contributed by atoms with van der Waals surface area (Å²) in [6.45, 7) is 0. The Balaban J connectivity index is 1.24. The van der Waals surface area contributed by atoms with Gasteiger partial charge in [-0.05, 0) is 108 Å². The maximum Gasteiger partial charge on any atom is 0.0462 e. The molecule has 0 N–H and O–H groups in total. The molecule has 232 valence electrons. The Morgan fingerprint density at radius 2 is 0.625 bits per heavy atom. The van der Waals surface area contributed by atoms with E-state index >= 15 is 0 Å². The molecule has 0 aromatic heterocycles. The maximum atomic E-state index is 2.40. The Kier molecular flexibility index (Phi) is 9.53. The Labute approximate surface area is 284 Å². The molecule has 0 spiro atoms. The predicted molar refractivity (Wildman–Crippen MR) is 204 cm³/mol. The fourth-order valence-corrected chi connectivity index (χ4v) is 6.21. The van der Waals surface area contributed by atoms with Crippen molar-refractivity contribution < 1.29 is 0 Å². The summed E-state index contributed by atoms with van der Waals surface area (Å²) in [6.07, 6.45) is 4.34. The van der Waals surface area contributed by atoms with Gasteiger partial charge in [-0.3, -0.25) is 0 Å². The van der Waals surface area contributed by atoms with Crippen molar-refractivity contribution in [2.24, 2.45) is 0 Å². The van der Waals surface area contributed by atoms with Crippen LogP contribution in [0, 0.1) is 0 Å². The van der Waals surface area contributed by atoms with Gasteiger partial charge >= 0.3 is 0 Å². The molecule has 0 radical (unpaired) electrons. The van der Waals surface area contributed by atoms with Crippen molar-refractivity contribution in [1.82, 2.24) is 0 Å². The van der Waals surface area contributed by atoms with Crippen LogP contribution in [0.2, 0.25) is 0 Å². The molecule has 0 aliphatic carbocycles. The van der Waals surface area contributed by atoms with Crippen molar-refractivity contribution in [2.75, 3.05) is 9.80 Å². The lowest BCUT2D eigenvalue weighted by Gasteiger charge is -2.26. The molecule has 0 atom stereocenters. The Hall–Kier alpha value is -6.12. The van der Waals surface area contributed by atoms with Crippen molar-refractivity contribution >= 4 is 39.7 Å². The summed E-state index contributed by atoms with van der Waals surface area (Å²) >= 11 is 0. The van der Waals surface area contributed by atoms with Crippen LogP contribution in [0.25, 0.3) is 5.57 Å². The number of allylic oxidation sites excluding steroid dienone is 1. The molecule has 7 aromatic rings. The van der Waals surface area contributed by atoms with Crippen molar-refractivity contribution in [2.45, 2.75) is 12.8 Å². The van der Waals surface area contributed by atoms with Crippen LogP contribution in [-0.2, 0) is 6.42 Å². The third-order valence-corrected chi connectivity index (χ3v) is 8.55. The van der Waals surface area contributed by atoms with E-state index in [1.807, 2.05) is 0 Å². The molecule has 0 saturated carbocycles. The second kappa shape index (κ2) is 15.0. The zero-order valence-electron chi connectivity index (χ0n) is 26.9. The standard InChI is InChI=1S/C46H38N2/c1-6-17-37(18-7-1)19-16-28-46(38-29-33-44(34-30-38)47(40-20-8-2-9-21-40)41-22-10-3-11-23-41)39-31-35-45(36-32-39)48(42-24-12-4-13-25-42)43-26-14-5-15-27-43/h1-15,17-18,20-36H,16,19H2. The number of hydrogen-bond donors (Lipinski definition) is 0. The van der Waals surface area contributed by atoms with Gasteiger partial charge in [-0.15, -0.1) is 0 Å². The SMILES string of the molecule is C(CCc1ccccc1)=C(c1ccc(N(c2ccccc2)c2ccccc2)cc1)c1ccc(N(c2ccccc2)c2ccccc2)cc1. The number of benzene rings is 7. The van der Waals surface area contributed by atoms with Crippen LogP contribution in [0.5, 0.6) is 0 Å². The third-order valence-electron chi connectivity index (χ3n) is 8.55. The zero-order valence-corrected chi connectivity index (χ0v) is 26.9. The summed E-state index contributed by atoms with van der Waals surface area (Å²) in [5, 5.41) is 0. The molecule has 0 heterocycles. The smallest absolute Gasteiger partial charge is 0.0462 e. The Morgan fingerprint density at radius 1 is 0.333 bits per heavy atom. The average molecular weight is 619 g/mol. The molecule has 0 saturated heterocycles. The zero-order chi connectivity index (χ0) is 32.4. The minimum Gasteiger partial charge on any atom is -0.311 e. The molecule has 0 amide bonds. The van der Waals surface area contributed by atoms with E-state index in [0.717, 1.165) is 47.0 Å². The minimum atomic E-state index is 0.948. The molecule has 0 fully saturated rings. The normalized spacial score (nSPS) is 10.7. The summed E-state index contributed by atoms with van der Waals surface area (Å²) in [5.41, 5.74) is 11.8. The van der Waals surface area contributed by atoms with E-state index in [1.54, 1.807) is 0 Å². The summed E-state index contributed by atoms with van der Waals surface area (Å²) in [4.78, 5) is 4.61. The molecule has 2 nitrogen and oxygen atoms in total. The van der Waals surface area contributed by atoms with Crippen molar-refractivity contribution in [3.8, 4) is 0 Å². The van der Waals surface area contributed by atoms with Crippen LogP contribution < -0.4 is 9.80 Å². The second-order valence-electron chi connectivity index (χ2n) is 11.7. The lowest BCUT2D eigenvalue weighted by molar-refractivity contribution is 1.00. The van der Waals surface area contributed by atoms with Gasteiger partial charge in [-0.25, -0.2) is 0 Å². The lowest BCUT2D eigenvalue weighted by atomic mass is 9.95. The minimum absolute atomic E-state index is 0.948. The van der Waals surface area contributed by atoms with Gasteiger partial charge in [0.15, 0.2) is 0 Å². The van der Waals surface area contributed by atoms with E-state index in [4.69, 9.17) is 0 Å². The number of para-hydroxylation sites is 4. The van der Waals surface area contributed by atoms with E-state index in [0.29, 0.717) is 0 Å². The number of nitrogens with zero attached hydrogens (tertiary/aromatic N) is 2. The molecule has 0 bridgehead atoms. The highest BCUT2D eigenvalue weighted by Crippen LogP contribution is 2.37. The first-order valence-electron chi connectivity index (χ1n) is 16.6. The van der Waals surface area contributed by atoms with Crippen molar-refractivity contribution in [1.29, 1.82) is 0 Å². The van der Waals surface area contributed by atoms with E-state index in [9.17, 15) is 0 Å². The van der Waals surface area contributed by atoms with Gasteiger partial charge in [-0.1, -0.05) is 133 Å². The van der Waals surface area contributed by atoms with Gasteiger partial charge in [0.25, 0.3) is 0 Å². The molecular formula is C46H38N2. The quantitative estimate of drug-likeness (QED) is 0.142. The highest BCUT2D eigenvalue weighted by atomic mass is 15.1. The van der Waals surface area contributed by atoms with Crippen LogP contribution >= 0.6 is 0 Å². The van der Waals surface area contributed by atoms with Gasteiger partial charge in [0.05, 0.1) is 0 Å². The topological polar surface area (TPSA) is 6.48 Å². The third kappa shape index (κ3) is 7.14. The molecule has 0 aliphatic heterocycles. The van der Waals surface area contributed by atoms with Crippen LogP contribution in [0.3, 0.4) is 0 Å². The van der Waals surface area contributed by atoms with E-state index in [2.05, 4.69) is 216 Å². The van der Waals surface area contributed by atoms with E-state index < -0.39 is 0 Å². The largest absolute Gasteiger partial charge is 0.311 e. The van der Waals surface area contributed by atoms with E-state index in [-0.39, 0.29) is 0 Å². The summed E-state index contributed by atoms with van der Waals surface area (Å²) < 4.78 is 0. The van der Waals surface area contributed by atoms with E-state index in [1.165, 1.54) is 22.3 Å². The first-order valence-corrected chi connectivity index (χ1v) is 16.6. The molecule has 0 aliphatic rings. The van der Waals surface area contributed by atoms with Gasteiger partial charge in [-0.2, -0.15) is 0 Å². The maximum absolute atomic E-state index is 2.40. The fourth-order valence-electron chi connectivity index (χ4n) is 6.21. The van der Waals surface area contributed by atoms with Gasteiger partial charge in [0.2, 0.25) is 0 Å². The summed E-state index contributed by atoms with van der Waals surface area (Å²) in [6, 6.07) is 71.0. The summed E-state index contributed by atoms with van der Waals surface area (Å²) in [7, 11) is 0. The van der Waals surface area contributed by atoms with Gasteiger partial charge < -0.3 is 9.80 Å². The van der Waals surface area contributed by atoms with Crippen LogP contribution in [-0.4, -0.2) is 0 Å². The van der Waals surface area contributed by atoms with Crippen LogP contribution in [0.15, 0.2) is 206 Å². The highest BCUT2D eigenvalue weighted by Gasteiger charge is 2.15. The lowest BCUT2D eigenvalue weighted by Crippen LogP contribution is -2.10. The molecule has 2 heteroatoms. The Bertz CT molecular complexity index is 1810. The fraction of sp³-hybridized carbons (Fsp3) is 0.0435. The number of rotatable bonds is 11. The average Bonchev–Trinajstić information content (AvgIpc) is 3.17. The first kappa shape index (κ1) is 30.5. The van der Waals surface area contributed by atoms with Gasteiger partial charge in [0.1, 0.15) is 0 Å². The molecule has 0 unspecified atom stereocenters. The van der Waals surface area contributed by atoms with Crippen LogP contribution in [0.1, 0.15) is 23.1 Å². The number of hydrogen-bond acceptors (Lipinski definition) is 2. The summed E-state index contributed by atoms with van der Waals surface area (Å²) in [5.74, 6) is 0. The number of anilines is 6. The van der Waals surface area contributed by atoms with Crippen molar-refractivity contribution in [3.63, 3.8) is 0 Å². The van der Waals surface area contributed by atoms with Gasteiger partial charge in [0, 0.05) is 34.1 Å². The monoisotopic (exact) mass is 618 g/mol.